The maximum Gasteiger partial charge on any atom is 0.190 e. The van der Waals surface area contributed by atoms with Gasteiger partial charge in [-0.3, -0.25) is 0 Å². The summed E-state index contributed by atoms with van der Waals surface area (Å²) >= 11 is 1.71. The maximum atomic E-state index is 4.93. The fourth-order valence-corrected chi connectivity index (χ4v) is 3.63. The second kappa shape index (κ2) is 7.58. The molecule has 0 spiro atoms. The molecule has 1 heterocycles. The Morgan fingerprint density at radius 2 is 1.50 bits per heavy atom. The Labute approximate surface area is 158 Å². The summed E-state index contributed by atoms with van der Waals surface area (Å²) in [4.78, 5) is 4.82. The number of nitrogens with zero attached hydrogens (tertiary/aromatic N) is 3. The van der Waals surface area contributed by atoms with Crippen molar-refractivity contribution in [3.63, 3.8) is 0 Å². The van der Waals surface area contributed by atoms with E-state index in [1.54, 1.807) is 11.8 Å². The van der Waals surface area contributed by atoms with E-state index in [0.717, 1.165) is 33.6 Å². The normalized spacial score (nSPS) is 15.8. The molecule has 0 amide bonds. The standard InChI is InChI=1S/C22H19N3S/c1-17-12-14-18(15-13-17)21-16-26-22(23-19-8-4-2-5-9-19)25(24-21)20-10-6-3-7-11-20/h2-15H,16H2,1H3. The van der Waals surface area contributed by atoms with Gasteiger partial charge in [-0.15, -0.1) is 0 Å². The van der Waals surface area contributed by atoms with Crippen LogP contribution in [0, 0.1) is 6.92 Å². The van der Waals surface area contributed by atoms with Crippen LogP contribution in [-0.2, 0) is 0 Å². The zero-order valence-corrected chi connectivity index (χ0v) is 15.4. The topological polar surface area (TPSA) is 28.0 Å². The second-order valence-electron chi connectivity index (χ2n) is 6.08. The van der Waals surface area contributed by atoms with Gasteiger partial charge in [0.2, 0.25) is 0 Å². The Hall–Kier alpha value is -2.85. The van der Waals surface area contributed by atoms with Crippen LogP contribution in [0.3, 0.4) is 0 Å². The molecule has 3 nitrogen and oxygen atoms in total. The molecule has 0 unspecified atom stereocenters. The van der Waals surface area contributed by atoms with Crippen molar-refractivity contribution < 1.29 is 0 Å². The van der Waals surface area contributed by atoms with E-state index in [1.165, 1.54) is 5.56 Å². The molecule has 0 saturated carbocycles. The van der Waals surface area contributed by atoms with Crippen LogP contribution in [0.5, 0.6) is 0 Å². The molecule has 0 aliphatic carbocycles. The molecule has 128 valence electrons. The van der Waals surface area contributed by atoms with Crippen molar-refractivity contribution in [2.24, 2.45) is 10.1 Å². The number of hydrogen-bond donors (Lipinski definition) is 0. The molecule has 4 rings (SSSR count). The van der Waals surface area contributed by atoms with Crippen LogP contribution in [0.2, 0.25) is 0 Å². The highest BCUT2D eigenvalue weighted by atomic mass is 32.2. The smallest absolute Gasteiger partial charge is 0.190 e. The predicted molar refractivity (Wildman–Crippen MR) is 113 cm³/mol. The lowest BCUT2D eigenvalue weighted by molar-refractivity contribution is 1.13. The van der Waals surface area contributed by atoms with Crippen molar-refractivity contribution in [1.29, 1.82) is 0 Å². The Kier molecular flexibility index (Phi) is 4.84. The van der Waals surface area contributed by atoms with Gasteiger partial charge in [0.05, 0.1) is 17.1 Å². The van der Waals surface area contributed by atoms with E-state index in [1.807, 2.05) is 53.5 Å². The van der Waals surface area contributed by atoms with Crippen LogP contribution < -0.4 is 5.01 Å². The molecular formula is C22H19N3S. The molecule has 1 aliphatic heterocycles. The van der Waals surface area contributed by atoms with E-state index in [4.69, 9.17) is 10.1 Å². The molecule has 0 fully saturated rings. The zero-order valence-electron chi connectivity index (χ0n) is 14.5. The Balaban J connectivity index is 1.75. The number of thioether (sulfide) groups is 1. The van der Waals surface area contributed by atoms with Crippen molar-refractivity contribution in [2.75, 3.05) is 10.8 Å². The summed E-state index contributed by atoms with van der Waals surface area (Å²) in [5.74, 6) is 0.804. The van der Waals surface area contributed by atoms with Gasteiger partial charge in [-0.25, -0.2) is 10.0 Å². The minimum atomic E-state index is 0.804. The van der Waals surface area contributed by atoms with Crippen LogP contribution >= 0.6 is 11.8 Å². The summed E-state index contributed by atoms with van der Waals surface area (Å²) in [6.45, 7) is 2.10. The van der Waals surface area contributed by atoms with Crippen molar-refractivity contribution in [2.45, 2.75) is 6.92 Å². The summed E-state index contributed by atoms with van der Waals surface area (Å²) in [5, 5.41) is 7.76. The molecule has 0 bridgehead atoms. The summed E-state index contributed by atoms with van der Waals surface area (Å²) in [6.07, 6.45) is 0. The number of rotatable bonds is 3. The van der Waals surface area contributed by atoms with E-state index in [-0.39, 0.29) is 0 Å². The van der Waals surface area contributed by atoms with Crippen molar-refractivity contribution in [3.8, 4) is 0 Å². The Morgan fingerprint density at radius 1 is 0.846 bits per heavy atom. The molecule has 3 aromatic rings. The third-order valence-corrected chi connectivity index (χ3v) is 5.05. The van der Waals surface area contributed by atoms with Gasteiger partial charge in [-0.1, -0.05) is 78.0 Å². The third kappa shape index (κ3) is 3.70. The minimum absolute atomic E-state index is 0.804. The SMILES string of the molecule is Cc1ccc(C2=NN(c3ccccc3)C(=Nc3ccccc3)SC2)cc1. The molecular weight excluding hydrogens is 338 g/mol. The summed E-state index contributed by atoms with van der Waals surface area (Å²) < 4.78 is 0. The first-order valence-corrected chi connectivity index (χ1v) is 9.54. The number of hydrogen-bond acceptors (Lipinski definition) is 3. The summed E-state index contributed by atoms with van der Waals surface area (Å²) in [7, 11) is 0. The van der Waals surface area contributed by atoms with E-state index in [9.17, 15) is 0 Å². The van der Waals surface area contributed by atoms with Crippen LogP contribution in [0.25, 0.3) is 0 Å². The molecule has 4 heteroatoms. The van der Waals surface area contributed by atoms with E-state index in [0.29, 0.717) is 0 Å². The van der Waals surface area contributed by atoms with E-state index < -0.39 is 0 Å². The second-order valence-corrected chi connectivity index (χ2v) is 7.02. The van der Waals surface area contributed by atoms with Gasteiger partial charge in [-0.05, 0) is 36.8 Å². The molecule has 0 atom stereocenters. The Morgan fingerprint density at radius 3 is 2.19 bits per heavy atom. The van der Waals surface area contributed by atoms with Crippen LogP contribution in [0.4, 0.5) is 11.4 Å². The zero-order chi connectivity index (χ0) is 17.8. The van der Waals surface area contributed by atoms with Crippen LogP contribution in [0.15, 0.2) is 95.0 Å². The van der Waals surface area contributed by atoms with Gasteiger partial charge >= 0.3 is 0 Å². The van der Waals surface area contributed by atoms with E-state index >= 15 is 0 Å². The number of para-hydroxylation sites is 2. The van der Waals surface area contributed by atoms with Gasteiger partial charge in [0.1, 0.15) is 0 Å². The van der Waals surface area contributed by atoms with Gasteiger partial charge in [0.15, 0.2) is 5.17 Å². The van der Waals surface area contributed by atoms with Crippen molar-refractivity contribution in [1.82, 2.24) is 0 Å². The molecule has 1 aliphatic rings. The molecule has 3 aromatic carbocycles. The van der Waals surface area contributed by atoms with Gasteiger partial charge in [-0.2, -0.15) is 5.10 Å². The molecule has 26 heavy (non-hydrogen) atoms. The van der Waals surface area contributed by atoms with E-state index in [2.05, 4.69) is 43.3 Å². The third-order valence-electron chi connectivity index (χ3n) is 4.11. The summed E-state index contributed by atoms with van der Waals surface area (Å²) in [5.41, 5.74) is 5.42. The molecule has 0 N–H and O–H groups in total. The van der Waals surface area contributed by atoms with Crippen LogP contribution in [0.1, 0.15) is 11.1 Å². The van der Waals surface area contributed by atoms with Crippen LogP contribution in [-0.4, -0.2) is 16.6 Å². The first-order valence-electron chi connectivity index (χ1n) is 8.56. The lowest BCUT2D eigenvalue weighted by atomic mass is 10.1. The maximum absolute atomic E-state index is 4.93. The highest BCUT2D eigenvalue weighted by molar-refractivity contribution is 8.14. The first-order chi connectivity index (χ1) is 12.8. The van der Waals surface area contributed by atoms with Crippen molar-refractivity contribution in [3.05, 3.63) is 96.1 Å². The first kappa shape index (κ1) is 16.6. The number of benzene rings is 3. The molecule has 0 saturated heterocycles. The quantitative estimate of drug-likeness (QED) is 0.607. The average Bonchev–Trinajstić information content (AvgIpc) is 2.70. The minimum Gasteiger partial charge on any atom is -0.223 e. The fourth-order valence-electron chi connectivity index (χ4n) is 2.70. The molecule has 0 aromatic heterocycles. The Bertz CT molecular complexity index is 932. The van der Waals surface area contributed by atoms with Gasteiger partial charge < -0.3 is 0 Å². The number of anilines is 1. The lowest BCUT2D eigenvalue weighted by Crippen LogP contribution is -2.30. The van der Waals surface area contributed by atoms with Gasteiger partial charge in [0.25, 0.3) is 0 Å². The number of amidine groups is 1. The number of hydrazone groups is 1. The number of aliphatic imine (C=N–C) groups is 1. The monoisotopic (exact) mass is 357 g/mol. The predicted octanol–water partition coefficient (Wildman–Crippen LogP) is 5.64. The fraction of sp³-hybridized carbons (Fsp3) is 0.0909. The highest BCUT2D eigenvalue weighted by Crippen LogP contribution is 2.28. The lowest BCUT2D eigenvalue weighted by Gasteiger charge is -2.26. The molecule has 0 radical (unpaired) electrons. The average molecular weight is 357 g/mol. The van der Waals surface area contributed by atoms with Gasteiger partial charge in [0, 0.05) is 5.75 Å². The number of aryl methyl sites for hydroxylation is 1. The summed E-state index contributed by atoms with van der Waals surface area (Å²) in [6, 6.07) is 28.7. The van der Waals surface area contributed by atoms with Crippen molar-refractivity contribution >= 4 is 34.0 Å². The largest absolute Gasteiger partial charge is 0.223 e. The highest BCUT2D eigenvalue weighted by Gasteiger charge is 2.22.